The Hall–Kier alpha value is -2.27. The summed E-state index contributed by atoms with van der Waals surface area (Å²) in [6.45, 7) is 0. The van der Waals surface area contributed by atoms with Crippen LogP contribution in [0.4, 0.5) is 4.79 Å². The van der Waals surface area contributed by atoms with E-state index in [-0.39, 0.29) is 11.1 Å². The molecule has 0 radical (unpaired) electrons. The van der Waals surface area contributed by atoms with E-state index in [9.17, 15) is 9.59 Å². The fourth-order valence-corrected chi connectivity index (χ4v) is 2.51. The van der Waals surface area contributed by atoms with Gasteiger partial charge >= 0.3 is 0 Å². The van der Waals surface area contributed by atoms with Crippen LogP contribution in [-0.4, -0.2) is 15.7 Å². The van der Waals surface area contributed by atoms with Crippen molar-refractivity contribution >= 4 is 29.0 Å². The van der Waals surface area contributed by atoms with Gasteiger partial charge in [0.15, 0.2) is 0 Å². The van der Waals surface area contributed by atoms with Crippen LogP contribution < -0.4 is 5.32 Å². The summed E-state index contributed by atoms with van der Waals surface area (Å²) in [5.41, 5.74) is 1.93. The first-order chi connectivity index (χ1) is 9.22. The lowest BCUT2D eigenvalue weighted by Crippen LogP contribution is -2.17. The Morgan fingerprint density at radius 2 is 1.89 bits per heavy atom. The molecule has 2 amide bonds. The van der Waals surface area contributed by atoms with Crippen LogP contribution in [-0.2, 0) is 4.79 Å². The molecule has 1 fully saturated rings. The lowest BCUT2D eigenvalue weighted by atomic mass is 10.3. The first-order valence-electron chi connectivity index (χ1n) is 5.71. The van der Waals surface area contributed by atoms with Crippen molar-refractivity contribution in [1.29, 1.82) is 0 Å². The van der Waals surface area contributed by atoms with Crippen molar-refractivity contribution in [1.82, 2.24) is 9.88 Å². The summed E-state index contributed by atoms with van der Waals surface area (Å²) in [5, 5.41) is 1.91. The number of para-hydroxylation sites is 1. The number of carbonyl (C=O) groups is 2. The molecule has 1 saturated heterocycles. The highest BCUT2D eigenvalue weighted by Crippen LogP contribution is 2.25. The first kappa shape index (κ1) is 11.8. The third-order valence-corrected chi connectivity index (χ3v) is 3.52. The number of aromatic nitrogens is 1. The Labute approximate surface area is 114 Å². The van der Waals surface area contributed by atoms with Crippen LogP contribution in [0, 0.1) is 0 Å². The number of hydrogen-bond acceptors (Lipinski definition) is 3. The molecule has 1 aromatic carbocycles. The van der Waals surface area contributed by atoms with E-state index in [0.29, 0.717) is 4.91 Å². The van der Waals surface area contributed by atoms with E-state index in [0.717, 1.165) is 23.0 Å². The average Bonchev–Trinajstić information content (AvgIpc) is 2.99. The normalized spacial score (nSPS) is 16.9. The zero-order chi connectivity index (χ0) is 13.2. The number of rotatable bonds is 2. The maximum absolute atomic E-state index is 11.4. The fraction of sp³-hybridized carbons (Fsp3) is 0. The van der Waals surface area contributed by atoms with Gasteiger partial charge < -0.3 is 4.57 Å². The number of nitrogens with one attached hydrogen (secondary N) is 1. The number of benzene rings is 1. The van der Waals surface area contributed by atoms with E-state index in [1.807, 2.05) is 53.4 Å². The molecule has 1 N–H and O–H groups in total. The van der Waals surface area contributed by atoms with Crippen molar-refractivity contribution in [2.45, 2.75) is 0 Å². The van der Waals surface area contributed by atoms with Gasteiger partial charge in [-0.2, -0.15) is 0 Å². The molecule has 0 bridgehead atoms. The van der Waals surface area contributed by atoms with Crippen molar-refractivity contribution in [3.05, 3.63) is 59.3 Å². The van der Waals surface area contributed by atoms with Crippen molar-refractivity contribution < 1.29 is 9.59 Å². The first-order valence-corrected chi connectivity index (χ1v) is 6.52. The van der Waals surface area contributed by atoms with Crippen molar-refractivity contribution in [3.8, 4) is 5.69 Å². The van der Waals surface area contributed by atoms with E-state index in [2.05, 4.69) is 5.32 Å². The van der Waals surface area contributed by atoms with Crippen LogP contribution in [0.15, 0.2) is 53.7 Å². The van der Waals surface area contributed by atoms with Crippen molar-refractivity contribution in [2.75, 3.05) is 0 Å². The molecule has 2 heterocycles. The average molecular weight is 270 g/mol. The number of imide groups is 1. The number of carbonyl (C=O) groups excluding carboxylic acids is 2. The fourth-order valence-electron chi connectivity index (χ4n) is 1.83. The maximum atomic E-state index is 11.4. The van der Waals surface area contributed by atoms with Crippen LogP contribution in [0.5, 0.6) is 0 Å². The predicted octanol–water partition coefficient (Wildman–Crippen LogP) is 2.80. The molecule has 0 unspecified atom stereocenters. The van der Waals surface area contributed by atoms with Gasteiger partial charge in [0, 0.05) is 18.1 Å². The number of thioether (sulfide) groups is 1. The predicted molar refractivity (Wildman–Crippen MR) is 74.9 cm³/mol. The lowest BCUT2D eigenvalue weighted by Gasteiger charge is -2.00. The minimum absolute atomic E-state index is 0.321. The smallest absolute Gasteiger partial charge is 0.290 e. The van der Waals surface area contributed by atoms with Gasteiger partial charge in [0.05, 0.1) is 4.91 Å². The van der Waals surface area contributed by atoms with Crippen LogP contribution in [0.2, 0.25) is 0 Å². The Bertz CT molecular complexity index is 674. The summed E-state index contributed by atoms with van der Waals surface area (Å²) in [5.74, 6) is -0.331. The van der Waals surface area contributed by atoms with E-state index >= 15 is 0 Å². The summed E-state index contributed by atoms with van der Waals surface area (Å²) in [6, 6.07) is 11.8. The molecular formula is C14H10N2O2S. The Kier molecular flexibility index (Phi) is 2.97. The maximum Gasteiger partial charge on any atom is 0.290 e. The zero-order valence-electron chi connectivity index (χ0n) is 9.87. The molecule has 3 rings (SSSR count). The molecule has 94 valence electrons. The summed E-state index contributed by atoms with van der Waals surface area (Å²) in [7, 11) is 0. The Balaban J connectivity index is 1.89. The van der Waals surface area contributed by atoms with Gasteiger partial charge in [0.25, 0.3) is 11.1 Å². The molecule has 1 aliphatic rings. The minimum Gasteiger partial charge on any atom is -0.323 e. The molecule has 0 saturated carbocycles. The van der Waals surface area contributed by atoms with Gasteiger partial charge in [-0.15, -0.1) is 0 Å². The standard InChI is InChI=1S/C14H10N2O2S/c17-13-12(19-14(18)15-13)8-10-6-7-16(9-10)11-4-2-1-3-5-11/h1-9H,(H,15,17,18)/b12-8-. The minimum atomic E-state index is -0.331. The molecule has 0 atom stereocenters. The number of amides is 2. The van der Waals surface area contributed by atoms with Crippen molar-refractivity contribution in [2.24, 2.45) is 0 Å². The van der Waals surface area contributed by atoms with Gasteiger partial charge in [-0.05, 0) is 41.6 Å². The summed E-state index contributed by atoms with van der Waals surface area (Å²) < 4.78 is 1.96. The zero-order valence-corrected chi connectivity index (χ0v) is 10.7. The highest BCUT2D eigenvalue weighted by molar-refractivity contribution is 8.18. The summed E-state index contributed by atoms with van der Waals surface area (Å²) in [6.07, 6.45) is 5.55. The molecule has 0 aliphatic carbocycles. The Morgan fingerprint density at radius 1 is 1.11 bits per heavy atom. The second-order valence-corrected chi connectivity index (χ2v) is 5.05. The monoisotopic (exact) mass is 270 g/mol. The van der Waals surface area contributed by atoms with E-state index < -0.39 is 0 Å². The molecular weight excluding hydrogens is 260 g/mol. The van der Waals surface area contributed by atoms with Crippen LogP contribution in [0.3, 0.4) is 0 Å². The second-order valence-electron chi connectivity index (χ2n) is 4.04. The second kappa shape index (κ2) is 4.78. The third-order valence-electron chi connectivity index (χ3n) is 2.71. The molecule has 4 nitrogen and oxygen atoms in total. The summed E-state index contributed by atoms with van der Waals surface area (Å²) >= 11 is 0.926. The van der Waals surface area contributed by atoms with E-state index in [4.69, 9.17) is 0 Å². The van der Waals surface area contributed by atoms with Crippen LogP contribution >= 0.6 is 11.8 Å². The van der Waals surface area contributed by atoms with Gasteiger partial charge in [-0.1, -0.05) is 18.2 Å². The van der Waals surface area contributed by atoms with Crippen LogP contribution in [0.25, 0.3) is 11.8 Å². The van der Waals surface area contributed by atoms with Crippen LogP contribution in [0.1, 0.15) is 5.56 Å². The van der Waals surface area contributed by atoms with Gasteiger partial charge in [-0.25, -0.2) is 0 Å². The molecule has 1 aliphatic heterocycles. The lowest BCUT2D eigenvalue weighted by molar-refractivity contribution is -0.115. The van der Waals surface area contributed by atoms with Crippen molar-refractivity contribution in [3.63, 3.8) is 0 Å². The topological polar surface area (TPSA) is 51.1 Å². The molecule has 5 heteroatoms. The molecule has 1 aromatic heterocycles. The Morgan fingerprint density at radius 3 is 2.58 bits per heavy atom. The number of nitrogens with zero attached hydrogens (tertiary/aromatic N) is 1. The molecule has 2 aromatic rings. The quantitative estimate of drug-likeness (QED) is 0.854. The van der Waals surface area contributed by atoms with Gasteiger partial charge in [0.1, 0.15) is 0 Å². The highest BCUT2D eigenvalue weighted by atomic mass is 32.2. The third kappa shape index (κ3) is 2.46. The van der Waals surface area contributed by atoms with Gasteiger partial charge in [-0.3, -0.25) is 14.9 Å². The van der Waals surface area contributed by atoms with Gasteiger partial charge in [0.2, 0.25) is 0 Å². The molecule has 19 heavy (non-hydrogen) atoms. The SMILES string of the molecule is O=C1NC(=O)/C(=C/c2ccn(-c3ccccc3)c2)S1. The number of hydrogen-bond donors (Lipinski definition) is 1. The van der Waals surface area contributed by atoms with E-state index in [1.165, 1.54) is 0 Å². The largest absolute Gasteiger partial charge is 0.323 e. The molecule has 0 spiro atoms. The highest BCUT2D eigenvalue weighted by Gasteiger charge is 2.24. The summed E-state index contributed by atoms with van der Waals surface area (Å²) in [4.78, 5) is 22.9. The van der Waals surface area contributed by atoms with E-state index in [1.54, 1.807) is 6.08 Å².